The first kappa shape index (κ1) is 16.0. The molecule has 0 aliphatic rings. The Hall–Kier alpha value is -2.37. The SMILES string of the molecule is CCCCC(NC(=O)CCn1cnc2ccccc21)C(=O)O. The molecule has 0 bridgehead atoms. The van der Waals surface area contributed by atoms with Gasteiger partial charge in [-0.25, -0.2) is 9.78 Å². The molecule has 0 saturated carbocycles. The van der Waals surface area contributed by atoms with Crippen molar-refractivity contribution in [3.8, 4) is 0 Å². The van der Waals surface area contributed by atoms with Crippen LogP contribution >= 0.6 is 0 Å². The number of nitrogens with zero attached hydrogens (tertiary/aromatic N) is 2. The molecule has 0 spiro atoms. The van der Waals surface area contributed by atoms with Gasteiger partial charge in [0.2, 0.25) is 5.91 Å². The Morgan fingerprint density at radius 2 is 2.14 bits per heavy atom. The number of aromatic nitrogens is 2. The Bertz CT molecular complexity index is 651. The van der Waals surface area contributed by atoms with Crippen molar-refractivity contribution in [2.24, 2.45) is 0 Å². The van der Waals surface area contributed by atoms with Crippen LogP contribution in [-0.4, -0.2) is 32.6 Å². The number of hydrogen-bond donors (Lipinski definition) is 2. The number of hydrogen-bond acceptors (Lipinski definition) is 3. The van der Waals surface area contributed by atoms with Crippen molar-refractivity contribution in [3.05, 3.63) is 30.6 Å². The van der Waals surface area contributed by atoms with Gasteiger partial charge in [-0.15, -0.1) is 0 Å². The van der Waals surface area contributed by atoms with Crippen LogP contribution in [0.4, 0.5) is 0 Å². The number of benzene rings is 1. The summed E-state index contributed by atoms with van der Waals surface area (Å²) in [7, 11) is 0. The van der Waals surface area contributed by atoms with Crippen LogP contribution in [0.1, 0.15) is 32.6 Å². The average molecular weight is 303 g/mol. The first-order valence-corrected chi connectivity index (χ1v) is 7.54. The fraction of sp³-hybridized carbons (Fsp3) is 0.438. The van der Waals surface area contributed by atoms with Gasteiger partial charge in [0, 0.05) is 13.0 Å². The largest absolute Gasteiger partial charge is 0.480 e. The molecule has 0 fully saturated rings. The minimum atomic E-state index is -0.977. The lowest BCUT2D eigenvalue weighted by molar-refractivity contribution is -0.142. The monoisotopic (exact) mass is 303 g/mol. The predicted octanol–water partition coefficient (Wildman–Crippen LogP) is 2.19. The second-order valence-electron chi connectivity index (χ2n) is 5.28. The summed E-state index contributed by atoms with van der Waals surface area (Å²) < 4.78 is 1.90. The summed E-state index contributed by atoms with van der Waals surface area (Å²) in [5.41, 5.74) is 1.85. The lowest BCUT2D eigenvalue weighted by Gasteiger charge is -2.14. The maximum Gasteiger partial charge on any atom is 0.326 e. The number of amides is 1. The minimum absolute atomic E-state index is 0.232. The molecule has 0 aliphatic carbocycles. The zero-order chi connectivity index (χ0) is 15.9. The van der Waals surface area contributed by atoms with Crippen molar-refractivity contribution in [1.82, 2.24) is 14.9 Å². The van der Waals surface area contributed by atoms with Gasteiger partial charge in [0.1, 0.15) is 6.04 Å². The van der Waals surface area contributed by atoms with E-state index < -0.39 is 12.0 Å². The number of carbonyl (C=O) groups is 2. The summed E-state index contributed by atoms with van der Waals surface area (Å²) in [5, 5.41) is 11.7. The van der Waals surface area contributed by atoms with Gasteiger partial charge in [0.05, 0.1) is 17.4 Å². The van der Waals surface area contributed by atoms with E-state index in [0.29, 0.717) is 13.0 Å². The molecule has 0 aliphatic heterocycles. The Balaban J connectivity index is 1.90. The molecule has 6 nitrogen and oxygen atoms in total. The highest BCUT2D eigenvalue weighted by Gasteiger charge is 2.19. The predicted molar refractivity (Wildman–Crippen MR) is 83.4 cm³/mol. The highest BCUT2D eigenvalue weighted by atomic mass is 16.4. The Kier molecular flexibility index (Phi) is 5.52. The van der Waals surface area contributed by atoms with Crippen molar-refractivity contribution < 1.29 is 14.7 Å². The third-order valence-corrected chi connectivity index (χ3v) is 3.59. The molecule has 1 atom stereocenters. The van der Waals surface area contributed by atoms with Gasteiger partial charge in [-0.05, 0) is 18.6 Å². The van der Waals surface area contributed by atoms with Crippen molar-refractivity contribution in [3.63, 3.8) is 0 Å². The summed E-state index contributed by atoms with van der Waals surface area (Å²) >= 11 is 0. The number of nitrogens with one attached hydrogen (secondary N) is 1. The lowest BCUT2D eigenvalue weighted by atomic mass is 10.1. The van der Waals surface area contributed by atoms with Gasteiger partial charge < -0.3 is 15.0 Å². The number of carboxylic acids is 1. The Morgan fingerprint density at radius 3 is 2.86 bits per heavy atom. The van der Waals surface area contributed by atoms with E-state index in [1.165, 1.54) is 0 Å². The molecule has 1 aromatic carbocycles. The second kappa shape index (κ2) is 7.59. The zero-order valence-electron chi connectivity index (χ0n) is 12.7. The molecule has 1 unspecified atom stereocenters. The van der Waals surface area contributed by atoms with Crippen LogP contribution in [0.15, 0.2) is 30.6 Å². The van der Waals surface area contributed by atoms with Crippen molar-refractivity contribution in [2.45, 2.75) is 45.2 Å². The quantitative estimate of drug-likeness (QED) is 0.783. The molecular weight excluding hydrogens is 282 g/mol. The number of fused-ring (bicyclic) bond motifs is 1. The Morgan fingerprint density at radius 1 is 1.36 bits per heavy atom. The summed E-state index contributed by atoms with van der Waals surface area (Å²) in [5.74, 6) is -1.23. The number of rotatable bonds is 8. The molecule has 2 aromatic rings. The van der Waals surface area contributed by atoms with E-state index in [0.717, 1.165) is 23.9 Å². The number of aliphatic carboxylic acids is 1. The third kappa shape index (κ3) is 4.07. The molecule has 22 heavy (non-hydrogen) atoms. The fourth-order valence-electron chi connectivity index (χ4n) is 2.34. The molecule has 0 radical (unpaired) electrons. The van der Waals surface area contributed by atoms with Gasteiger partial charge in [0.15, 0.2) is 0 Å². The summed E-state index contributed by atoms with van der Waals surface area (Å²) in [6, 6.07) is 6.90. The van der Waals surface area contributed by atoms with Crippen LogP contribution in [0, 0.1) is 0 Å². The van der Waals surface area contributed by atoms with E-state index in [9.17, 15) is 9.59 Å². The number of imidazole rings is 1. The number of para-hydroxylation sites is 2. The van der Waals surface area contributed by atoms with Crippen LogP contribution in [0.5, 0.6) is 0 Å². The molecule has 1 amide bonds. The first-order chi connectivity index (χ1) is 10.6. The smallest absolute Gasteiger partial charge is 0.326 e. The van der Waals surface area contributed by atoms with Crippen LogP contribution < -0.4 is 5.32 Å². The number of carboxylic acid groups (broad SMARTS) is 1. The highest BCUT2D eigenvalue weighted by Crippen LogP contribution is 2.12. The van der Waals surface area contributed by atoms with E-state index in [1.54, 1.807) is 6.33 Å². The number of carbonyl (C=O) groups excluding carboxylic acids is 1. The highest BCUT2D eigenvalue weighted by molar-refractivity contribution is 5.83. The van der Waals surface area contributed by atoms with Crippen molar-refractivity contribution in [2.75, 3.05) is 0 Å². The van der Waals surface area contributed by atoms with Crippen LogP contribution in [0.3, 0.4) is 0 Å². The normalized spacial score (nSPS) is 12.2. The summed E-state index contributed by atoms with van der Waals surface area (Å²) in [6.45, 7) is 2.47. The van der Waals surface area contributed by atoms with Crippen LogP contribution in [0.25, 0.3) is 11.0 Å². The lowest BCUT2D eigenvalue weighted by Crippen LogP contribution is -2.41. The summed E-state index contributed by atoms with van der Waals surface area (Å²) in [6.07, 6.45) is 4.08. The molecule has 1 heterocycles. The maximum atomic E-state index is 11.9. The first-order valence-electron chi connectivity index (χ1n) is 7.54. The van der Waals surface area contributed by atoms with Gasteiger partial charge in [-0.3, -0.25) is 4.79 Å². The van der Waals surface area contributed by atoms with Crippen molar-refractivity contribution >= 4 is 22.9 Å². The number of unbranched alkanes of at least 4 members (excludes halogenated alkanes) is 1. The number of aryl methyl sites for hydroxylation is 1. The van der Waals surface area contributed by atoms with E-state index in [1.807, 2.05) is 35.8 Å². The van der Waals surface area contributed by atoms with Gasteiger partial charge in [0.25, 0.3) is 0 Å². The molecule has 2 N–H and O–H groups in total. The van der Waals surface area contributed by atoms with E-state index >= 15 is 0 Å². The molecule has 2 rings (SSSR count). The third-order valence-electron chi connectivity index (χ3n) is 3.59. The van der Waals surface area contributed by atoms with Gasteiger partial charge in [-0.2, -0.15) is 0 Å². The molecular formula is C16H21N3O3. The van der Waals surface area contributed by atoms with E-state index in [2.05, 4.69) is 10.3 Å². The molecule has 0 saturated heterocycles. The van der Waals surface area contributed by atoms with E-state index in [-0.39, 0.29) is 12.3 Å². The van der Waals surface area contributed by atoms with Gasteiger partial charge >= 0.3 is 5.97 Å². The van der Waals surface area contributed by atoms with E-state index in [4.69, 9.17) is 5.11 Å². The Labute approximate surface area is 129 Å². The topological polar surface area (TPSA) is 84.2 Å². The molecule has 118 valence electrons. The summed E-state index contributed by atoms with van der Waals surface area (Å²) in [4.78, 5) is 27.3. The molecule has 6 heteroatoms. The average Bonchev–Trinajstić information content (AvgIpc) is 2.92. The molecule has 1 aromatic heterocycles. The maximum absolute atomic E-state index is 11.9. The van der Waals surface area contributed by atoms with Crippen LogP contribution in [-0.2, 0) is 16.1 Å². The fourth-order valence-corrected chi connectivity index (χ4v) is 2.34. The van der Waals surface area contributed by atoms with Crippen LogP contribution in [0.2, 0.25) is 0 Å². The van der Waals surface area contributed by atoms with Crippen molar-refractivity contribution in [1.29, 1.82) is 0 Å². The zero-order valence-corrected chi connectivity index (χ0v) is 12.7. The second-order valence-corrected chi connectivity index (χ2v) is 5.28. The standard InChI is InChI=1S/C16H21N3O3/c1-2-3-6-13(16(21)22)18-15(20)9-10-19-11-17-12-7-4-5-8-14(12)19/h4-5,7-8,11,13H,2-3,6,9-10H2,1H3,(H,18,20)(H,21,22). The minimum Gasteiger partial charge on any atom is -0.480 e. The van der Waals surface area contributed by atoms with Gasteiger partial charge in [-0.1, -0.05) is 31.9 Å².